The van der Waals surface area contributed by atoms with Gasteiger partial charge >= 0.3 is 6.18 Å². The first-order valence-electron chi connectivity index (χ1n) is 7.38. The summed E-state index contributed by atoms with van der Waals surface area (Å²) in [6, 6.07) is -0.177. The van der Waals surface area contributed by atoms with Crippen LogP contribution in [0.25, 0.3) is 0 Å². The Morgan fingerprint density at radius 3 is 2.47 bits per heavy atom. The van der Waals surface area contributed by atoms with Crippen molar-refractivity contribution in [3.05, 3.63) is 0 Å². The highest BCUT2D eigenvalue weighted by molar-refractivity contribution is 4.88. The topological polar surface area (TPSA) is 21.3 Å². The Labute approximate surface area is 114 Å². The number of nitrogens with one attached hydrogen (secondary N) is 1. The van der Waals surface area contributed by atoms with E-state index in [9.17, 15) is 13.2 Å². The van der Waals surface area contributed by atoms with E-state index in [1.54, 1.807) is 0 Å². The van der Waals surface area contributed by atoms with Gasteiger partial charge in [0.25, 0.3) is 0 Å². The van der Waals surface area contributed by atoms with Gasteiger partial charge < -0.3 is 10.1 Å². The van der Waals surface area contributed by atoms with Gasteiger partial charge in [0.2, 0.25) is 0 Å². The number of halogens is 3. The Bertz CT molecular complexity index is 245. The van der Waals surface area contributed by atoms with Crippen LogP contribution >= 0.6 is 0 Å². The number of alkyl halides is 3. The highest BCUT2D eigenvalue weighted by atomic mass is 19.4. The van der Waals surface area contributed by atoms with Crippen LogP contribution in [0.15, 0.2) is 0 Å². The predicted octanol–water partition coefficient (Wildman–Crippen LogP) is 3.76. The van der Waals surface area contributed by atoms with Gasteiger partial charge in [0, 0.05) is 12.6 Å². The molecule has 1 fully saturated rings. The lowest BCUT2D eigenvalue weighted by Crippen LogP contribution is -2.48. The van der Waals surface area contributed by atoms with E-state index in [1.807, 2.05) is 13.8 Å². The fraction of sp³-hybridized carbons (Fsp3) is 1.00. The average Bonchev–Trinajstić information content (AvgIpc) is 2.37. The Hall–Kier alpha value is -0.290. The maximum Gasteiger partial charge on any atom is 0.392 e. The maximum absolute atomic E-state index is 13.1. The summed E-state index contributed by atoms with van der Waals surface area (Å²) in [4.78, 5) is 0. The summed E-state index contributed by atoms with van der Waals surface area (Å²) in [5.41, 5.74) is 0. The Morgan fingerprint density at radius 2 is 1.89 bits per heavy atom. The Kier molecular flexibility index (Phi) is 7.15. The van der Waals surface area contributed by atoms with Crippen LogP contribution in [0.4, 0.5) is 13.2 Å². The highest BCUT2D eigenvalue weighted by Gasteiger charge is 2.47. The molecule has 0 aromatic rings. The molecular formula is C14H26F3NO. The molecule has 0 spiro atoms. The molecule has 0 aromatic carbocycles. The van der Waals surface area contributed by atoms with E-state index >= 15 is 0 Å². The Balaban J connectivity index is 2.67. The van der Waals surface area contributed by atoms with Crippen molar-refractivity contribution in [1.29, 1.82) is 0 Å². The van der Waals surface area contributed by atoms with Gasteiger partial charge in [-0.3, -0.25) is 0 Å². The molecule has 1 N–H and O–H groups in total. The quantitative estimate of drug-likeness (QED) is 0.717. The molecule has 0 aromatic heterocycles. The lowest BCUT2D eigenvalue weighted by Gasteiger charge is -2.38. The normalized spacial score (nSPS) is 26.4. The molecule has 5 heteroatoms. The van der Waals surface area contributed by atoms with Crippen LogP contribution in [0, 0.1) is 11.8 Å². The monoisotopic (exact) mass is 281 g/mol. The standard InChI is InChI=1S/C14H26F3NO/c1-3-9-19-10-13(18-4-2)11-7-5-6-8-12(11)14(15,16)17/h11-13,18H,3-10H2,1-2H3. The summed E-state index contributed by atoms with van der Waals surface area (Å²) in [7, 11) is 0. The molecule has 0 radical (unpaired) electrons. The van der Waals surface area contributed by atoms with Gasteiger partial charge in [-0.05, 0) is 31.7 Å². The number of likely N-dealkylation sites (N-methyl/N-ethyl adjacent to an activating group) is 1. The fourth-order valence-corrected chi connectivity index (χ4v) is 3.00. The average molecular weight is 281 g/mol. The van der Waals surface area contributed by atoms with Gasteiger partial charge in [-0.15, -0.1) is 0 Å². The summed E-state index contributed by atoms with van der Waals surface area (Å²) >= 11 is 0. The van der Waals surface area contributed by atoms with E-state index < -0.39 is 12.1 Å². The van der Waals surface area contributed by atoms with Crippen LogP contribution in [0.3, 0.4) is 0 Å². The van der Waals surface area contributed by atoms with Gasteiger partial charge in [-0.25, -0.2) is 0 Å². The predicted molar refractivity (Wildman–Crippen MR) is 70.1 cm³/mol. The zero-order valence-electron chi connectivity index (χ0n) is 11.9. The van der Waals surface area contributed by atoms with E-state index in [4.69, 9.17) is 4.74 Å². The van der Waals surface area contributed by atoms with Crippen molar-refractivity contribution in [2.75, 3.05) is 19.8 Å². The molecule has 114 valence electrons. The maximum atomic E-state index is 13.1. The largest absolute Gasteiger partial charge is 0.392 e. The molecule has 1 saturated carbocycles. The van der Waals surface area contributed by atoms with Crippen molar-refractivity contribution in [1.82, 2.24) is 5.32 Å². The SMILES string of the molecule is CCCOCC(NCC)C1CCCCC1C(F)(F)F. The van der Waals surface area contributed by atoms with E-state index in [0.29, 0.717) is 32.6 Å². The number of rotatable bonds is 7. The van der Waals surface area contributed by atoms with Crippen LogP contribution in [0.1, 0.15) is 46.0 Å². The molecule has 0 aliphatic heterocycles. The fourth-order valence-electron chi connectivity index (χ4n) is 3.00. The van der Waals surface area contributed by atoms with E-state index in [-0.39, 0.29) is 18.4 Å². The van der Waals surface area contributed by atoms with Crippen LogP contribution < -0.4 is 5.32 Å². The third kappa shape index (κ3) is 5.30. The van der Waals surface area contributed by atoms with Gasteiger partial charge in [0.05, 0.1) is 12.5 Å². The van der Waals surface area contributed by atoms with E-state index in [2.05, 4.69) is 5.32 Å². The van der Waals surface area contributed by atoms with Crippen molar-refractivity contribution in [2.45, 2.75) is 58.2 Å². The third-order valence-electron chi connectivity index (χ3n) is 3.87. The van der Waals surface area contributed by atoms with E-state index in [1.165, 1.54) is 0 Å². The van der Waals surface area contributed by atoms with Crippen molar-refractivity contribution >= 4 is 0 Å². The first kappa shape index (κ1) is 16.8. The molecule has 1 rings (SSSR count). The lowest BCUT2D eigenvalue weighted by molar-refractivity contribution is -0.200. The summed E-state index contributed by atoms with van der Waals surface area (Å²) in [5, 5.41) is 3.19. The minimum Gasteiger partial charge on any atom is -0.380 e. The lowest BCUT2D eigenvalue weighted by atomic mass is 9.75. The van der Waals surface area contributed by atoms with Crippen LogP contribution in [0.2, 0.25) is 0 Å². The second-order valence-corrected chi connectivity index (χ2v) is 5.34. The summed E-state index contributed by atoms with van der Waals surface area (Å²) in [5.74, 6) is -1.51. The van der Waals surface area contributed by atoms with Crippen molar-refractivity contribution in [2.24, 2.45) is 11.8 Å². The number of hydrogen-bond donors (Lipinski definition) is 1. The number of ether oxygens (including phenoxy) is 1. The van der Waals surface area contributed by atoms with Crippen LogP contribution in [-0.4, -0.2) is 32.0 Å². The van der Waals surface area contributed by atoms with Gasteiger partial charge in [0.15, 0.2) is 0 Å². The van der Waals surface area contributed by atoms with E-state index in [0.717, 1.165) is 12.8 Å². The van der Waals surface area contributed by atoms with Crippen LogP contribution in [-0.2, 0) is 4.74 Å². The second kappa shape index (κ2) is 8.10. The first-order valence-corrected chi connectivity index (χ1v) is 7.38. The van der Waals surface area contributed by atoms with Gasteiger partial charge in [-0.1, -0.05) is 26.7 Å². The molecule has 0 heterocycles. The van der Waals surface area contributed by atoms with Gasteiger partial charge in [-0.2, -0.15) is 13.2 Å². The molecule has 3 unspecified atom stereocenters. The molecule has 1 aliphatic rings. The second-order valence-electron chi connectivity index (χ2n) is 5.34. The van der Waals surface area contributed by atoms with Crippen molar-refractivity contribution < 1.29 is 17.9 Å². The zero-order valence-corrected chi connectivity index (χ0v) is 11.9. The molecule has 0 saturated heterocycles. The summed E-state index contributed by atoms with van der Waals surface area (Å²) in [6.07, 6.45) is -0.681. The molecule has 1 aliphatic carbocycles. The minimum atomic E-state index is -4.08. The van der Waals surface area contributed by atoms with Gasteiger partial charge in [0.1, 0.15) is 0 Å². The summed E-state index contributed by atoms with van der Waals surface area (Å²) in [6.45, 7) is 5.62. The zero-order chi connectivity index (χ0) is 14.3. The van der Waals surface area contributed by atoms with Crippen LogP contribution in [0.5, 0.6) is 0 Å². The molecule has 0 amide bonds. The molecule has 19 heavy (non-hydrogen) atoms. The minimum absolute atomic E-state index is 0.177. The smallest absolute Gasteiger partial charge is 0.380 e. The molecule has 2 nitrogen and oxygen atoms in total. The third-order valence-corrected chi connectivity index (χ3v) is 3.87. The molecular weight excluding hydrogens is 255 g/mol. The summed E-state index contributed by atoms with van der Waals surface area (Å²) < 4.78 is 44.8. The first-order chi connectivity index (χ1) is 9.00. The Morgan fingerprint density at radius 1 is 1.21 bits per heavy atom. The van der Waals surface area contributed by atoms with Crippen molar-refractivity contribution in [3.63, 3.8) is 0 Å². The highest BCUT2D eigenvalue weighted by Crippen LogP contribution is 2.42. The molecule has 0 bridgehead atoms. The van der Waals surface area contributed by atoms with Crippen molar-refractivity contribution in [3.8, 4) is 0 Å². The number of hydrogen-bond acceptors (Lipinski definition) is 2. The molecule has 3 atom stereocenters.